The summed E-state index contributed by atoms with van der Waals surface area (Å²) in [5, 5.41) is 17.9. The predicted molar refractivity (Wildman–Crippen MR) is 60.2 cm³/mol. The van der Waals surface area contributed by atoms with Crippen molar-refractivity contribution >= 4 is 17.6 Å². The van der Waals surface area contributed by atoms with Crippen LogP contribution >= 0.6 is 11.6 Å². The molecule has 6 heteroatoms. The van der Waals surface area contributed by atoms with Crippen LogP contribution in [0.5, 0.6) is 0 Å². The highest BCUT2D eigenvalue weighted by atomic mass is 35.5. The number of carboxylic acid groups (broad SMARTS) is 1. The molecule has 0 spiro atoms. The maximum Gasteiger partial charge on any atom is 0.337 e. The fourth-order valence-corrected chi connectivity index (χ4v) is 1.58. The van der Waals surface area contributed by atoms with Gasteiger partial charge in [-0.25, -0.2) is 9.78 Å². The number of carbonyl (C=O) groups is 1. The van der Waals surface area contributed by atoms with E-state index in [1.54, 1.807) is 18.3 Å². The Hall–Kier alpha value is -2.32. The first kappa shape index (κ1) is 11.2. The van der Waals surface area contributed by atoms with Crippen molar-refractivity contribution in [1.82, 2.24) is 9.55 Å². The van der Waals surface area contributed by atoms with Gasteiger partial charge in [-0.05, 0) is 18.2 Å². The molecule has 2 aromatic heterocycles. The minimum Gasteiger partial charge on any atom is -0.478 e. The molecule has 1 N–H and O–H groups in total. The normalized spacial score (nSPS) is 9.88. The van der Waals surface area contributed by atoms with E-state index >= 15 is 0 Å². The fraction of sp³-hybridized carbons (Fsp3) is 0. The number of nitrogens with zero attached hydrogens (tertiary/aromatic N) is 3. The van der Waals surface area contributed by atoms with E-state index in [9.17, 15) is 4.79 Å². The predicted octanol–water partition coefficient (Wildman–Crippen LogP) is 2.10. The minimum absolute atomic E-state index is 0.0470. The quantitative estimate of drug-likeness (QED) is 0.881. The number of aromatic nitrogens is 2. The zero-order chi connectivity index (χ0) is 12.4. The van der Waals surface area contributed by atoms with Gasteiger partial charge in [0.1, 0.15) is 17.6 Å². The van der Waals surface area contributed by atoms with E-state index in [-0.39, 0.29) is 10.6 Å². The molecule has 5 nitrogen and oxygen atoms in total. The Bertz CT molecular complexity index is 628. The topological polar surface area (TPSA) is 78.9 Å². The number of hydrogen-bond donors (Lipinski definition) is 1. The fourth-order valence-electron chi connectivity index (χ4n) is 1.40. The second-order valence-corrected chi connectivity index (χ2v) is 3.61. The van der Waals surface area contributed by atoms with E-state index in [1.165, 1.54) is 16.8 Å². The Morgan fingerprint density at radius 2 is 2.35 bits per heavy atom. The van der Waals surface area contributed by atoms with Gasteiger partial charge in [-0.1, -0.05) is 11.6 Å². The first-order valence-corrected chi connectivity index (χ1v) is 4.98. The summed E-state index contributed by atoms with van der Waals surface area (Å²) < 4.78 is 1.49. The molecule has 2 heterocycles. The Morgan fingerprint density at radius 1 is 1.59 bits per heavy atom. The SMILES string of the molecule is N#Cc1cccn1-c1cc(C(=O)O)c(Cl)cn1. The van der Waals surface area contributed by atoms with Gasteiger partial charge in [0.15, 0.2) is 0 Å². The summed E-state index contributed by atoms with van der Waals surface area (Å²) in [6.45, 7) is 0. The third kappa shape index (κ3) is 1.98. The van der Waals surface area contributed by atoms with E-state index in [4.69, 9.17) is 22.0 Å². The molecule has 0 bridgehead atoms. The molecule has 0 amide bonds. The van der Waals surface area contributed by atoms with Crippen molar-refractivity contribution in [3.8, 4) is 11.9 Å². The zero-order valence-corrected chi connectivity index (χ0v) is 9.22. The van der Waals surface area contributed by atoms with Crippen molar-refractivity contribution in [2.45, 2.75) is 0 Å². The van der Waals surface area contributed by atoms with Gasteiger partial charge in [0.05, 0.1) is 10.6 Å². The maximum absolute atomic E-state index is 10.9. The Balaban J connectivity index is 2.59. The average Bonchev–Trinajstić information content (AvgIpc) is 2.77. The molecule has 0 aliphatic carbocycles. The molecule has 0 aromatic carbocycles. The molecular formula is C11H6ClN3O2. The summed E-state index contributed by atoms with van der Waals surface area (Å²) in [7, 11) is 0. The summed E-state index contributed by atoms with van der Waals surface area (Å²) in [5.41, 5.74) is 0.324. The first-order valence-electron chi connectivity index (χ1n) is 4.60. The van der Waals surface area contributed by atoms with E-state index in [0.29, 0.717) is 11.5 Å². The van der Waals surface area contributed by atoms with Crippen LogP contribution in [0.2, 0.25) is 5.02 Å². The van der Waals surface area contributed by atoms with E-state index in [1.807, 2.05) is 6.07 Å². The number of nitriles is 1. The Kier molecular flexibility index (Phi) is 2.81. The van der Waals surface area contributed by atoms with Crippen LogP contribution in [0.1, 0.15) is 16.1 Å². The maximum atomic E-state index is 10.9. The van der Waals surface area contributed by atoms with Crippen LogP contribution in [0.25, 0.3) is 5.82 Å². The lowest BCUT2D eigenvalue weighted by Crippen LogP contribution is -2.04. The van der Waals surface area contributed by atoms with Gasteiger partial charge in [0.2, 0.25) is 0 Å². The van der Waals surface area contributed by atoms with E-state index < -0.39 is 5.97 Å². The highest BCUT2D eigenvalue weighted by molar-refractivity contribution is 6.33. The molecule has 0 radical (unpaired) electrons. The van der Waals surface area contributed by atoms with Gasteiger partial charge in [0, 0.05) is 12.4 Å². The number of hydrogen-bond acceptors (Lipinski definition) is 3. The summed E-state index contributed by atoms with van der Waals surface area (Å²) in [4.78, 5) is 14.9. The molecule has 2 rings (SSSR count). The van der Waals surface area contributed by atoms with Crippen molar-refractivity contribution in [1.29, 1.82) is 5.26 Å². The van der Waals surface area contributed by atoms with Gasteiger partial charge in [-0.2, -0.15) is 5.26 Å². The van der Waals surface area contributed by atoms with Crippen LogP contribution in [0.3, 0.4) is 0 Å². The standard InChI is InChI=1S/C11H6ClN3O2/c12-9-6-14-10(4-8(9)11(16)17)15-3-1-2-7(15)5-13/h1-4,6H,(H,16,17). The summed E-state index contributed by atoms with van der Waals surface area (Å²) >= 11 is 5.71. The van der Waals surface area contributed by atoms with E-state index in [2.05, 4.69) is 4.98 Å². The third-order valence-corrected chi connectivity index (χ3v) is 2.48. The number of rotatable bonds is 2. The van der Waals surface area contributed by atoms with Gasteiger partial charge in [0.25, 0.3) is 0 Å². The number of aromatic carboxylic acids is 1. The molecule has 0 aliphatic rings. The summed E-state index contributed by atoms with van der Waals surface area (Å²) in [6.07, 6.45) is 2.88. The van der Waals surface area contributed by atoms with Crippen LogP contribution in [0.15, 0.2) is 30.6 Å². The van der Waals surface area contributed by atoms with Crippen LogP contribution in [-0.4, -0.2) is 20.6 Å². The molecule has 2 aromatic rings. The summed E-state index contributed by atoms with van der Waals surface area (Å²) in [6, 6.07) is 6.59. The number of carboxylic acids is 1. The average molecular weight is 248 g/mol. The van der Waals surface area contributed by atoms with Crippen molar-refractivity contribution in [2.24, 2.45) is 0 Å². The van der Waals surface area contributed by atoms with Crippen molar-refractivity contribution in [3.05, 3.63) is 46.9 Å². The highest BCUT2D eigenvalue weighted by Gasteiger charge is 2.12. The second kappa shape index (κ2) is 4.28. The molecule has 0 fully saturated rings. The second-order valence-electron chi connectivity index (χ2n) is 3.20. The van der Waals surface area contributed by atoms with Gasteiger partial charge in [-0.15, -0.1) is 0 Å². The Morgan fingerprint density at radius 3 is 3.00 bits per heavy atom. The third-order valence-electron chi connectivity index (χ3n) is 2.18. The van der Waals surface area contributed by atoms with Crippen LogP contribution < -0.4 is 0 Å². The molecule has 0 atom stereocenters. The molecule has 0 saturated heterocycles. The molecule has 0 aliphatic heterocycles. The lowest BCUT2D eigenvalue weighted by molar-refractivity contribution is 0.0697. The van der Waals surface area contributed by atoms with E-state index in [0.717, 1.165) is 0 Å². The molecule has 17 heavy (non-hydrogen) atoms. The van der Waals surface area contributed by atoms with Crippen molar-refractivity contribution in [2.75, 3.05) is 0 Å². The monoisotopic (exact) mass is 247 g/mol. The lowest BCUT2D eigenvalue weighted by atomic mass is 10.2. The molecule has 0 unspecified atom stereocenters. The molecule has 84 valence electrons. The van der Waals surface area contributed by atoms with Crippen molar-refractivity contribution in [3.63, 3.8) is 0 Å². The van der Waals surface area contributed by atoms with Gasteiger partial charge in [-0.3, -0.25) is 4.57 Å². The van der Waals surface area contributed by atoms with Crippen LogP contribution in [0, 0.1) is 11.3 Å². The largest absolute Gasteiger partial charge is 0.478 e. The minimum atomic E-state index is -1.13. The molecule has 0 saturated carbocycles. The molecular weight excluding hydrogens is 242 g/mol. The Labute approximate surface area is 102 Å². The number of halogens is 1. The summed E-state index contributed by atoms with van der Waals surface area (Å²) in [5.74, 6) is -0.794. The highest BCUT2D eigenvalue weighted by Crippen LogP contribution is 2.18. The smallest absolute Gasteiger partial charge is 0.337 e. The van der Waals surface area contributed by atoms with Crippen LogP contribution in [-0.2, 0) is 0 Å². The van der Waals surface area contributed by atoms with Gasteiger partial charge >= 0.3 is 5.97 Å². The number of pyridine rings is 1. The van der Waals surface area contributed by atoms with Crippen molar-refractivity contribution < 1.29 is 9.90 Å². The first-order chi connectivity index (χ1) is 8.13. The lowest BCUT2D eigenvalue weighted by Gasteiger charge is -2.05. The van der Waals surface area contributed by atoms with Gasteiger partial charge < -0.3 is 5.11 Å². The zero-order valence-electron chi connectivity index (χ0n) is 8.46. The van der Waals surface area contributed by atoms with Crippen LogP contribution in [0.4, 0.5) is 0 Å².